The van der Waals surface area contributed by atoms with Gasteiger partial charge in [0.1, 0.15) is 5.75 Å². The van der Waals surface area contributed by atoms with Crippen LogP contribution in [-0.2, 0) is 0 Å². The third kappa shape index (κ3) is 5.83. The molecule has 0 aromatic heterocycles. The van der Waals surface area contributed by atoms with Crippen LogP contribution in [0.15, 0.2) is 12.1 Å². The summed E-state index contributed by atoms with van der Waals surface area (Å²) in [7, 11) is -0.369. The summed E-state index contributed by atoms with van der Waals surface area (Å²) in [4.78, 5) is 0. The fourth-order valence-corrected chi connectivity index (χ4v) is 6.05. The summed E-state index contributed by atoms with van der Waals surface area (Å²) in [6, 6.07) is 5.31. The first kappa shape index (κ1) is 18.3. The molecule has 23 heavy (non-hydrogen) atoms. The van der Waals surface area contributed by atoms with Gasteiger partial charge < -0.3 is 4.74 Å². The largest absolute Gasteiger partial charge is 0.493 e. The first-order valence-corrected chi connectivity index (χ1v) is 10.3. The van der Waals surface area contributed by atoms with Gasteiger partial charge in [-0.2, -0.15) is 0 Å². The molecule has 1 saturated heterocycles. The normalized spacial score (nSPS) is 18.1. The minimum absolute atomic E-state index is 0.0365. The molecule has 1 fully saturated rings. The average molecular weight is 347 g/mol. The van der Waals surface area contributed by atoms with Crippen molar-refractivity contribution < 1.29 is 22.3 Å². The standard InChI is InChI=1S/C17H23F4OSi/c1-12(18)3-2-6-23-7-4-13(5-8-23)11-22-14-9-15(19)17(21)16(20)10-14/h9-10,12-13H,2-8,11H2,1H3. The summed E-state index contributed by atoms with van der Waals surface area (Å²) in [6.45, 7) is 2.01. The van der Waals surface area contributed by atoms with Crippen molar-refractivity contribution in [2.45, 2.75) is 56.9 Å². The molecule has 1 aliphatic heterocycles. The van der Waals surface area contributed by atoms with Crippen LogP contribution < -0.4 is 4.74 Å². The van der Waals surface area contributed by atoms with Crippen LogP contribution in [0.1, 0.15) is 32.6 Å². The van der Waals surface area contributed by atoms with Crippen LogP contribution in [0, 0.1) is 23.4 Å². The minimum Gasteiger partial charge on any atom is -0.493 e. The van der Waals surface area contributed by atoms with Crippen molar-refractivity contribution in [3.05, 3.63) is 29.6 Å². The Balaban J connectivity index is 1.70. The highest BCUT2D eigenvalue weighted by molar-refractivity contribution is 6.58. The molecule has 1 unspecified atom stereocenters. The highest BCUT2D eigenvalue weighted by atomic mass is 28.3. The Morgan fingerprint density at radius 2 is 1.78 bits per heavy atom. The van der Waals surface area contributed by atoms with Gasteiger partial charge in [-0.25, -0.2) is 17.6 Å². The van der Waals surface area contributed by atoms with Crippen molar-refractivity contribution in [1.82, 2.24) is 0 Å². The van der Waals surface area contributed by atoms with Crippen LogP contribution in [0.4, 0.5) is 17.6 Å². The van der Waals surface area contributed by atoms with Gasteiger partial charge in [0.25, 0.3) is 0 Å². The van der Waals surface area contributed by atoms with Gasteiger partial charge in [0, 0.05) is 20.9 Å². The summed E-state index contributed by atoms with van der Waals surface area (Å²) in [5.74, 6) is -3.51. The monoisotopic (exact) mass is 347 g/mol. The second-order valence-corrected chi connectivity index (χ2v) is 9.38. The molecular formula is C17H23F4OSi. The maximum Gasteiger partial charge on any atom is 0.194 e. The zero-order valence-electron chi connectivity index (χ0n) is 13.4. The Kier molecular flexibility index (Phi) is 6.93. The van der Waals surface area contributed by atoms with E-state index in [1.807, 2.05) is 0 Å². The molecule has 1 heterocycles. The summed E-state index contributed by atoms with van der Waals surface area (Å²) >= 11 is 0. The van der Waals surface area contributed by atoms with Gasteiger partial charge in [-0.05, 0) is 32.1 Å². The Hall–Kier alpha value is -1.04. The van der Waals surface area contributed by atoms with Crippen molar-refractivity contribution in [2.75, 3.05) is 6.61 Å². The summed E-state index contributed by atoms with van der Waals surface area (Å²) in [5.41, 5.74) is 0. The fourth-order valence-electron chi connectivity index (χ4n) is 2.97. The molecule has 0 spiro atoms. The first-order chi connectivity index (χ1) is 11.0. The van der Waals surface area contributed by atoms with E-state index in [4.69, 9.17) is 4.74 Å². The van der Waals surface area contributed by atoms with Gasteiger partial charge in [0.15, 0.2) is 17.5 Å². The summed E-state index contributed by atoms with van der Waals surface area (Å²) in [6.07, 6.45) is 3.01. The number of rotatable bonds is 7. The minimum atomic E-state index is -1.47. The topological polar surface area (TPSA) is 9.23 Å². The van der Waals surface area contributed by atoms with Gasteiger partial charge >= 0.3 is 0 Å². The number of hydrogen-bond donors (Lipinski definition) is 0. The van der Waals surface area contributed by atoms with E-state index in [0.717, 1.165) is 31.4 Å². The molecule has 0 bridgehead atoms. The van der Waals surface area contributed by atoms with E-state index < -0.39 is 23.6 Å². The maximum atomic E-state index is 13.1. The molecule has 1 nitrogen and oxygen atoms in total. The van der Waals surface area contributed by atoms with E-state index in [1.165, 1.54) is 18.1 Å². The second kappa shape index (κ2) is 8.71. The molecule has 1 aromatic carbocycles. The molecule has 0 saturated carbocycles. The molecule has 0 N–H and O–H groups in total. The van der Waals surface area contributed by atoms with E-state index in [9.17, 15) is 17.6 Å². The molecule has 129 valence electrons. The van der Waals surface area contributed by atoms with E-state index in [0.29, 0.717) is 18.9 Å². The fraction of sp³-hybridized carbons (Fsp3) is 0.647. The molecule has 2 rings (SSSR count). The predicted molar refractivity (Wildman–Crippen MR) is 84.5 cm³/mol. The number of alkyl halides is 1. The van der Waals surface area contributed by atoms with Crippen molar-refractivity contribution >= 4 is 8.80 Å². The lowest BCUT2D eigenvalue weighted by Gasteiger charge is -2.27. The maximum absolute atomic E-state index is 13.1. The Labute approximate surface area is 136 Å². The van der Waals surface area contributed by atoms with Crippen LogP contribution in [0.25, 0.3) is 0 Å². The Bertz CT molecular complexity index is 478. The zero-order valence-corrected chi connectivity index (χ0v) is 14.4. The van der Waals surface area contributed by atoms with Gasteiger partial charge in [0.2, 0.25) is 0 Å². The van der Waals surface area contributed by atoms with Gasteiger partial charge in [-0.3, -0.25) is 0 Å². The molecule has 1 aromatic rings. The lowest BCUT2D eigenvalue weighted by atomic mass is 10.0. The molecule has 1 radical (unpaired) electrons. The quantitative estimate of drug-likeness (QED) is 0.358. The second-order valence-electron chi connectivity index (χ2n) is 6.38. The molecule has 1 aliphatic rings. The predicted octanol–water partition coefficient (Wildman–Crippen LogP) is 5.53. The summed E-state index contributed by atoms with van der Waals surface area (Å²) in [5, 5.41) is 0. The van der Waals surface area contributed by atoms with Gasteiger partial charge in [-0.1, -0.05) is 24.6 Å². The Morgan fingerprint density at radius 3 is 2.35 bits per heavy atom. The van der Waals surface area contributed by atoms with Crippen LogP contribution in [-0.4, -0.2) is 21.6 Å². The third-order valence-electron chi connectivity index (χ3n) is 4.39. The number of benzene rings is 1. The van der Waals surface area contributed by atoms with E-state index >= 15 is 0 Å². The lowest BCUT2D eigenvalue weighted by molar-refractivity contribution is 0.233. The van der Waals surface area contributed by atoms with Crippen molar-refractivity contribution in [3.8, 4) is 5.75 Å². The van der Waals surface area contributed by atoms with E-state index in [-0.39, 0.29) is 14.5 Å². The third-order valence-corrected chi connectivity index (χ3v) is 7.44. The first-order valence-electron chi connectivity index (χ1n) is 8.20. The average Bonchev–Trinajstić information content (AvgIpc) is 2.51. The van der Waals surface area contributed by atoms with E-state index in [1.54, 1.807) is 6.92 Å². The van der Waals surface area contributed by atoms with Gasteiger partial charge in [0.05, 0.1) is 12.8 Å². The highest BCUT2D eigenvalue weighted by Gasteiger charge is 2.23. The number of halogens is 4. The number of ether oxygens (including phenoxy) is 1. The Morgan fingerprint density at radius 1 is 1.17 bits per heavy atom. The molecule has 1 atom stereocenters. The SMILES string of the molecule is CC(F)CCC[Si]1CCC(COc2cc(F)c(F)c(F)c2)CC1. The molecular weight excluding hydrogens is 324 g/mol. The smallest absolute Gasteiger partial charge is 0.194 e. The van der Waals surface area contributed by atoms with Crippen molar-refractivity contribution in [3.63, 3.8) is 0 Å². The highest BCUT2D eigenvalue weighted by Crippen LogP contribution is 2.29. The zero-order chi connectivity index (χ0) is 16.8. The molecule has 6 heteroatoms. The lowest BCUT2D eigenvalue weighted by Crippen LogP contribution is -2.25. The van der Waals surface area contributed by atoms with Crippen LogP contribution in [0.5, 0.6) is 5.75 Å². The van der Waals surface area contributed by atoms with E-state index in [2.05, 4.69) is 0 Å². The van der Waals surface area contributed by atoms with Crippen LogP contribution in [0.2, 0.25) is 18.1 Å². The van der Waals surface area contributed by atoms with Crippen molar-refractivity contribution in [1.29, 1.82) is 0 Å². The van der Waals surface area contributed by atoms with Gasteiger partial charge in [-0.15, -0.1) is 0 Å². The number of hydrogen-bond acceptors (Lipinski definition) is 1. The van der Waals surface area contributed by atoms with Crippen LogP contribution in [0.3, 0.4) is 0 Å². The summed E-state index contributed by atoms with van der Waals surface area (Å²) < 4.78 is 57.3. The van der Waals surface area contributed by atoms with Crippen LogP contribution >= 0.6 is 0 Å². The van der Waals surface area contributed by atoms with Crippen molar-refractivity contribution in [2.24, 2.45) is 5.92 Å². The molecule has 0 amide bonds. The molecule has 0 aliphatic carbocycles.